The standard InChI is InChI=1S/C14H30.Li.H/c1-3-5-7-9-11-13-14-12-10-8-6-4-2;;/h3-14H2,1-2H3;;/q;+1;-1. The largest absolute Gasteiger partial charge is 1.00 e. The quantitative estimate of drug-likeness (QED) is 0.360. The van der Waals surface area contributed by atoms with E-state index in [0.717, 1.165) is 0 Å². The van der Waals surface area contributed by atoms with Crippen molar-refractivity contribution >= 4 is 0 Å². The van der Waals surface area contributed by atoms with Crippen molar-refractivity contribution in [2.45, 2.75) is 90.9 Å². The Morgan fingerprint density at radius 3 is 0.867 bits per heavy atom. The molecule has 88 valence electrons. The second kappa shape index (κ2) is 17.0. The Bertz CT molecular complexity index is 84.7. The Morgan fingerprint density at radius 1 is 0.467 bits per heavy atom. The summed E-state index contributed by atoms with van der Waals surface area (Å²) in [5, 5.41) is 0. The van der Waals surface area contributed by atoms with E-state index < -0.39 is 0 Å². The van der Waals surface area contributed by atoms with Crippen molar-refractivity contribution in [2.24, 2.45) is 0 Å². The molecule has 0 heterocycles. The molecule has 0 aromatic carbocycles. The predicted octanol–water partition coefficient (Wildman–Crippen LogP) is 2.82. The van der Waals surface area contributed by atoms with E-state index in [1.807, 2.05) is 0 Å². The minimum Gasteiger partial charge on any atom is -1.00 e. The molecule has 0 amide bonds. The van der Waals surface area contributed by atoms with Gasteiger partial charge >= 0.3 is 18.9 Å². The van der Waals surface area contributed by atoms with E-state index in [-0.39, 0.29) is 20.3 Å². The molecule has 0 saturated heterocycles. The van der Waals surface area contributed by atoms with Crippen LogP contribution in [0.25, 0.3) is 0 Å². The summed E-state index contributed by atoms with van der Waals surface area (Å²) in [6.45, 7) is 4.57. The summed E-state index contributed by atoms with van der Waals surface area (Å²) >= 11 is 0. The van der Waals surface area contributed by atoms with Crippen molar-refractivity contribution in [3.63, 3.8) is 0 Å². The molecule has 1 heteroatoms. The molecular weight excluding hydrogens is 175 g/mol. The van der Waals surface area contributed by atoms with Gasteiger partial charge in [-0.05, 0) is 0 Å². The molecule has 0 unspecified atom stereocenters. The molecule has 0 N–H and O–H groups in total. The molecular formula is C14H31Li. The zero-order valence-corrected chi connectivity index (χ0v) is 11.5. The Kier molecular flexibility index (Phi) is 20.4. The van der Waals surface area contributed by atoms with Crippen LogP contribution in [0.5, 0.6) is 0 Å². The van der Waals surface area contributed by atoms with Crippen molar-refractivity contribution in [3.05, 3.63) is 0 Å². The van der Waals surface area contributed by atoms with Gasteiger partial charge in [-0.25, -0.2) is 0 Å². The van der Waals surface area contributed by atoms with Crippen LogP contribution in [0.4, 0.5) is 0 Å². The van der Waals surface area contributed by atoms with E-state index in [1.54, 1.807) is 0 Å². The second-order valence-corrected chi connectivity index (χ2v) is 4.54. The van der Waals surface area contributed by atoms with Gasteiger partial charge in [0.25, 0.3) is 0 Å². The van der Waals surface area contributed by atoms with E-state index >= 15 is 0 Å². The van der Waals surface area contributed by atoms with Crippen LogP contribution in [-0.2, 0) is 0 Å². The van der Waals surface area contributed by atoms with Crippen LogP contribution in [-0.4, -0.2) is 0 Å². The fraction of sp³-hybridized carbons (Fsp3) is 1.00. The fourth-order valence-corrected chi connectivity index (χ4v) is 1.91. The summed E-state index contributed by atoms with van der Waals surface area (Å²) in [7, 11) is 0. The van der Waals surface area contributed by atoms with Crippen LogP contribution in [0.2, 0.25) is 0 Å². The van der Waals surface area contributed by atoms with Crippen LogP contribution in [0.3, 0.4) is 0 Å². The number of unbranched alkanes of at least 4 members (excludes halogenated alkanes) is 11. The van der Waals surface area contributed by atoms with Crippen LogP contribution < -0.4 is 18.9 Å². The van der Waals surface area contributed by atoms with Gasteiger partial charge in [0.1, 0.15) is 0 Å². The number of hydrogen-bond acceptors (Lipinski definition) is 0. The Labute approximate surface area is 111 Å². The van der Waals surface area contributed by atoms with Crippen molar-refractivity contribution in [3.8, 4) is 0 Å². The van der Waals surface area contributed by atoms with E-state index in [2.05, 4.69) is 13.8 Å². The zero-order chi connectivity index (χ0) is 10.5. The summed E-state index contributed by atoms with van der Waals surface area (Å²) < 4.78 is 0. The minimum atomic E-state index is 0. The smallest absolute Gasteiger partial charge is 1.00 e. The molecule has 0 aromatic rings. The molecule has 0 spiro atoms. The minimum absolute atomic E-state index is 0. The third-order valence-electron chi connectivity index (χ3n) is 2.96. The summed E-state index contributed by atoms with van der Waals surface area (Å²) in [5.41, 5.74) is 0. The van der Waals surface area contributed by atoms with Gasteiger partial charge in [0, 0.05) is 0 Å². The summed E-state index contributed by atoms with van der Waals surface area (Å²) in [6.07, 6.45) is 17.4. The normalized spacial score (nSPS) is 10.0. The van der Waals surface area contributed by atoms with Crippen molar-refractivity contribution in [1.29, 1.82) is 0 Å². The number of hydrogen-bond donors (Lipinski definition) is 0. The van der Waals surface area contributed by atoms with Gasteiger partial charge in [0.15, 0.2) is 0 Å². The van der Waals surface area contributed by atoms with Gasteiger partial charge in [-0.3, -0.25) is 0 Å². The van der Waals surface area contributed by atoms with Crippen LogP contribution in [0.1, 0.15) is 92.3 Å². The van der Waals surface area contributed by atoms with E-state index in [9.17, 15) is 0 Å². The summed E-state index contributed by atoms with van der Waals surface area (Å²) in [6, 6.07) is 0. The van der Waals surface area contributed by atoms with E-state index in [1.165, 1.54) is 77.0 Å². The first-order chi connectivity index (χ1) is 6.91. The molecule has 0 fully saturated rings. The SMILES string of the molecule is CCCCCCCCCCCCCC.[H-].[Li+]. The third kappa shape index (κ3) is 17.2. The first-order valence-electron chi connectivity index (χ1n) is 6.91. The predicted molar refractivity (Wildman–Crippen MR) is 67.9 cm³/mol. The molecule has 0 aromatic heterocycles. The van der Waals surface area contributed by atoms with Gasteiger partial charge in [-0.2, -0.15) is 0 Å². The Morgan fingerprint density at radius 2 is 0.667 bits per heavy atom. The third-order valence-corrected chi connectivity index (χ3v) is 2.96. The molecule has 0 rings (SSSR count). The first-order valence-corrected chi connectivity index (χ1v) is 6.91. The van der Waals surface area contributed by atoms with Crippen molar-refractivity contribution < 1.29 is 20.3 Å². The summed E-state index contributed by atoms with van der Waals surface area (Å²) in [4.78, 5) is 0. The monoisotopic (exact) mass is 206 g/mol. The maximum absolute atomic E-state index is 2.29. The molecule has 0 aliphatic rings. The van der Waals surface area contributed by atoms with Gasteiger partial charge in [0.05, 0.1) is 0 Å². The first kappa shape index (κ1) is 18.0. The average molecular weight is 206 g/mol. The zero-order valence-electron chi connectivity index (χ0n) is 12.5. The molecule has 0 aliphatic carbocycles. The van der Waals surface area contributed by atoms with E-state index in [4.69, 9.17) is 0 Å². The van der Waals surface area contributed by atoms with Crippen LogP contribution in [0.15, 0.2) is 0 Å². The van der Waals surface area contributed by atoms with Gasteiger partial charge in [-0.15, -0.1) is 0 Å². The molecule has 0 bridgehead atoms. The molecule has 0 aliphatic heterocycles. The van der Waals surface area contributed by atoms with Gasteiger partial charge in [0.2, 0.25) is 0 Å². The van der Waals surface area contributed by atoms with Gasteiger partial charge < -0.3 is 1.43 Å². The topological polar surface area (TPSA) is 0 Å². The van der Waals surface area contributed by atoms with Crippen molar-refractivity contribution in [2.75, 3.05) is 0 Å². The molecule has 0 saturated carbocycles. The van der Waals surface area contributed by atoms with Crippen LogP contribution >= 0.6 is 0 Å². The Hall–Kier alpha value is 0.597. The maximum Gasteiger partial charge on any atom is 1.00 e. The molecule has 0 radical (unpaired) electrons. The van der Waals surface area contributed by atoms with E-state index in [0.29, 0.717) is 0 Å². The molecule has 0 atom stereocenters. The second-order valence-electron chi connectivity index (χ2n) is 4.54. The average Bonchev–Trinajstić information content (AvgIpc) is 2.21. The van der Waals surface area contributed by atoms with Crippen LogP contribution in [0, 0.1) is 0 Å². The molecule has 0 nitrogen and oxygen atoms in total. The molecule has 15 heavy (non-hydrogen) atoms. The number of rotatable bonds is 11. The summed E-state index contributed by atoms with van der Waals surface area (Å²) in [5.74, 6) is 0. The fourth-order valence-electron chi connectivity index (χ4n) is 1.91. The Balaban J connectivity index is -0.000000845. The van der Waals surface area contributed by atoms with Gasteiger partial charge in [-0.1, -0.05) is 90.9 Å². The van der Waals surface area contributed by atoms with Crippen molar-refractivity contribution in [1.82, 2.24) is 0 Å². The maximum atomic E-state index is 2.29.